The summed E-state index contributed by atoms with van der Waals surface area (Å²) in [5.74, 6) is 2.02. The molecule has 2 heterocycles. The highest BCUT2D eigenvalue weighted by Gasteiger charge is 2.08. The number of hydrogen-bond acceptors (Lipinski definition) is 5. The summed E-state index contributed by atoms with van der Waals surface area (Å²) in [7, 11) is 0. The average Bonchev–Trinajstić information content (AvgIpc) is 3.26. The summed E-state index contributed by atoms with van der Waals surface area (Å²) >= 11 is 0. The van der Waals surface area contributed by atoms with Gasteiger partial charge in [0.15, 0.2) is 11.5 Å². The molecular weight excluding hydrogens is 382 g/mol. The minimum absolute atomic E-state index is 0.215. The van der Waals surface area contributed by atoms with Crippen LogP contribution in [0.5, 0.6) is 17.4 Å². The number of urea groups is 1. The predicted octanol–water partition coefficient (Wildman–Crippen LogP) is 3.60. The van der Waals surface area contributed by atoms with Crippen molar-refractivity contribution in [2.45, 2.75) is 26.9 Å². The summed E-state index contributed by atoms with van der Waals surface area (Å²) < 4.78 is 13.2. The van der Waals surface area contributed by atoms with Gasteiger partial charge in [0, 0.05) is 44.3 Å². The molecule has 3 aromatic rings. The second-order valence-electron chi connectivity index (χ2n) is 6.88. The second kappa shape index (κ2) is 10.8. The minimum atomic E-state index is -0.215. The Kier molecular flexibility index (Phi) is 7.65. The Morgan fingerprint density at radius 3 is 2.67 bits per heavy atom. The van der Waals surface area contributed by atoms with Crippen LogP contribution in [-0.4, -0.2) is 33.9 Å². The van der Waals surface area contributed by atoms with E-state index in [1.165, 1.54) is 0 Å². The molecule has 1 atom stereocenters. The number of pyridine rings is 1. The highest BCUT2D eigenvalue weighted by molar-refractivity contribution is 5.73. The average molecular weight is 409 g/mol. The van der Waals surface area contributed by atoms with Gasteiger partial charge < -0.3 is 20.1 Å². The molecule has 1 unspecified atom stereocenters. The summed E-state index contributed by atoms with van der Waals surface area (Å²) in [5, 5.41) is 9.88. The number of nitrogens with zero attached hydrogens (tertiary/aromatic N) is 3. The molecule has 3 rings (SSSR count). The van der Waals surface area contributed by atoms with E-state index in [1.54, 1.807) is 18.5 Å². The molecule has 0 aliphatic rings. The van der Waals surface area contributed by atoms with Crippen molar-refractivity contribution in [3.05, 3.63) is 66.6 Å². The van der Waals surface area contributed by atoms with Gasteiger partial charge in [-0.3, -0.25) is 4.68 Å². The Hall–Kier alpha value is -3.55. The lowest BCUT2D eigenvalue weighted by Gasteiger charge is -2.13. The first-order chi connectivity index (χ1) is 14.6. The van der Waals surface area contributed by atoms with E-state index in [2.05, 4.69) is 27.6 Å². The normalized spacial score (nSPS) is 11.5. The van der Waals surface area contributed by atoms with Gasteiger partial charge in [-0.1, -0.05) is 25.1 Å². The Labute approximate surface area is 176 Å². The summed E-state index contributed by atoms with van der Waals surface area (Å²) in [6.07, 6.45) is 5.33. The molecule has 0 fully saturated rings. The number of amides is 2. The summed E-state index contributed by atoms with van der Waals surface area (Å²) in [6, 6.07) is 12.8. The summed E-state index contributed by atoms with van der Waals surface area (Å²) in [6.45, 7) is 6.24. The van der Waals surface area contributed by atoms with Crippen molar-refractivity contribution >= 4 is 6.03 Å². The molecule has 0 saturated heterocycles. The molecule has 2 N–H and O–H groups in total. The van der Waals surface area contributed by atoms with Gasteiger partial charge in [-0.05, 0) is 36.6 Å². The van der Waals surface area contributed by atoms with E-state index < -0.39 is 0 Å². The zero-order valence-electron chi connectivity index (χ0n) is 17.2. The van der Waals surface area contributed by atoms with Crippen molar-refractivity contribution in [1.82, 2.24) is 25.4 Å². The quantitative estimate of drug-likeness (QED) is 0.534. The Bertz CT molecular complexity index is 913. The van der Waals surface area contributed by atoms with E-state index in [9.17, 15) is 4.79 Å². The third-order valence-corrected chi connectivity index (χ3v) is 4.28. The zero-order chi connectivity index (χ0) is 21.2. The van der Waals surface area contributed by atoms with E-state index in [-0.39, 0.29) is 11.9 Å². The number of ether oxygens (including phenoxy) is 2. The monoisotopic (exact) mass is 409 g/mol. The van der Waals surface area contributed by atoms with E-state index in [0.717, 1.165) is 12.1 Å². The Balaban J connectivity index is 1.42. The van der Waals surface area contributed by atoms with Crippen LogP contribution in [0, 0.1) is 5.92 Å². The molecule has 2 amide bonds. The fourth-order valence-electron chi connectivity index (χ4n) is 2.80. The zero-order valence-corrected chi connectivity index (χ0v) is 17.2. The maximum absolute atomic E-state index is 12.0. The number of benzene rings is 1. The SMILES string of the molecule is CCOc1ccccc1Oc1ccc(CNC(=O)NCC(C)Cn2cccn2)cn1. The number of hydrogen-bond donors (Lipinski definition) is 2. The van der Waals surface area contributed by atoms with Crippen molar-refractivity contribution < 1.29 is 14.3 Å². The number of nitrogens with one attached hydrogen (secondary N) is 2. The second-order valence-corrected chi connectivity index (χ2v) is 6.88. The van der Waals surface area contributed by atoms with Gasteiger partial charge in [-0.15, -0.1) is 0 Å². The van der Waals surface area contributed by atoms with Crippen molar-refractivity contribution in [3.63, 3.8) is 0 Å². The van der Waals surface area contributed by atoms with Gasteiger partial charge in [0.1, 0.15) is 0 Å². The first kappa shape index (κ1) is 21.2. The standard InChI is InChI=1S/C22H27N5O3/c1-3-29-19-7-4-5-8-20(19)30-21-10-9-18(14-23-21)15-25-22(28)24-13-17(2)16-27-12-6-11-26-27/h4-12,14,17H,3,13,15-16H2,1-2H3,(H2,24,25,28). The lowest BCUT2D eigenvalue weighted by Crippen LogP contribution is -2.38. The number of carbonyl (C=O) groups is 1. The molecule has 2 aromatic heterocycles. The van der Waals surface area contributed by atoms with E-state index >= 15 is 0 Å². The van der Waals surface area contributed by atoms with Crippen molar-refractivity contribution in [3.8, 4) is 17.4 Å². The largest absolute Gasteiger partial charge is 0.490 e. The maximum atomic E-state index is 12.0. The van der Waals surface area contributed by atoms with Gasteiger partial charge in [-0.2, -0.15) is 5.10 Å². The van der Waals surface area contributed by atoms with Crippen LogP contribution in [0.15, 0.2) is 61.1 Å². The molecule has 158 valence electrons. The van der Waals surface area contributed by atoms with E-state index in [1.807, 2.05) is 54.2 Å². The molecule has 30 heavy (non-hydrogen) atoms. The van der Waals surface area contributed by atoms with Crippen molar-refractivity contribution in [2.24, 2.45) is 5.92 Å². The van der Waals surface area contributed by atoms with Crippen LogP contribution >= 0.6 is 0 Å². The fourth-order valence-corrected chi connectivity index (χ4v) is 2.80. The van der Waals surface area contributed by atoms with E-state index in [4.69, 9.17) is 9.47 Å². The lowest BCUT2D eigenvalue weighted by molar-refractivity contribution is 0.238. The number of aromatic nitrogens is 3. The van der Waals surface area contributed by atoms with Crippen molar-refractivity contribution in [2.75, 3.05) is 13.2 Å². The predicted molar refractivity (Wildman–Crippen MR) is 114 cm³/mol. The smallest absolute Gasteiger partial charge is 0.315 e. The summed E-state index contributed by atoms with van der Waals surface area (Å²) in [4.78, 5) is 16.3. The van der Waals surface area contributed by atoms with Crippen LogP contribution in [0.3, 0.4) is 0 Å². The number of carbonyl (C=O) groups excluding carboxylic acids is 1. The van der Waals surface area contributed by atoms with Gasteiger partial charge in [0.25, 0.3) is 0 Å². The highest BCUT2D eigenvalue weighted by Crippen LogP contribution is 2.30. The Morgan fingerprint density at radius 2 is 1.97 bits per heavy atom. The first-order valence-electron chi connectivity index (χ1n) is 9.97. The molecule has 0 bridgehead atoms. The van der Waals surface area contributed by atoms with Crippen LogP contribution in [0.4, 0.5) is 4.79 Å². The minimum Gasteiger partial charge on any atom is -0.490 e. The summed E-state index contributed by atoms with van der Waals surface area (Å²) in [5.41, 5.74) is 0.875. The maximum Gasteiger partial charge on any atom is 0.315 e. The van der Waals surface area contributed by atoms with Crippen molar-refractivity contribution in [1.29, 1.82) is 0 Å². The van der Waals surface area contributed by atoms with Crippen LogP contribution in [0.1, 0.15) is 19.4 Å². The van der Waals surface area contributed by atoms with Crippen LogP contribution in [-0.2, 0) is 13.1 Å². The number of rotatable bonds is 10. The van der Waals surface area contributed by atoms with Gasteiger partial charge in [-0.25, -0.2) is 9.78 Å². The van der Waals surface area contributed by atoms with Crippen LogP contribution < -0.4 is 20.1 Å². The van der Waals surface area contributed by atoms with Crippen LogP contribution in [0.25, 0.3) is 0 Å². The van der Waals surface area contributed by atoms with Gasteiger partial charge in [0.05, 0.1) is 6.61 Å². The molecule has 0 aliphatic heterocycles. The molecule has 0 saturated carbocycles. The van der Waals surface area contributed by atoms with Gasteiger partial charge >= 0.3 is 6.03 Å². The third-order valence-electron chi connectivity index (χ3n) is 4.28. The Morgan fingerprint density at radius 1 is 1.13 bits per heavy atom. The molecule has 8 heteroatoms. The molecule has 0 aliphatic carbocycles. The van der Waals surface area contributed by atoms with Gasteiger partial charge in [0.2, 0.25) is 5.88 Å². The number of para-hydroxylation sites is 2. The van der Waals surface area contributed by atoms with E-state index in [0.29, 0.717) is 37.1 Å². The van der Waals surface area contributed by atoms with Crippen LogP contribution in [0.2, 0.25) is 0 Å². The molecule has 8 nitrogen and oxygen atoms in total. The molecular formula is C22H27N5O3. The first-order valence-corrected chi connectivity index (χ1v) is 9.97. The third kappa shape index (κ3) is 6.51. The molecule has 0 spiro atoms. The molecule has 1 aromatic carbocycles. The highest BCUT2D eigenvalue weighted by atomic mass is 16.5. The topological polar surface area (TPSA) is 90.3 Å². The molecule has 0 radical (unpaired) electrons. The lowest BCUT2D eigenvalue weighted by atomic mass is 10.2. The fraction of sp³-hybridized carbons (Fsp3) is 0.318.